The summed E-state index contributed by atoms with van der Waals surface area (Å²) < 4.78 is 16.1. The number of hydrogen-bond donors (Lipinski definition) is 2. The van der Waals surface area contributed by atoms with Crippen molar-refractivity contribution in [2.45, 2.75) is 52.5 Å². The van der Waals surface area contributed by atoms with Gasteiger partial charge in [0.05, 0.1) is 19.9 Å². The lowest BCUT2D eigenvalue weighted by Crippen LogP contribution is -2.38. The van der Waals surface area contributed by atoms with Gasteiger partial charge in [-0.25, -0.2) is 4.99 Å². The monoisotopic (exact) mass is 402 g/mol. The zero-order chi connectivity index (χ0) is 21.1. The summed E-state index contributed by atoms with van der Waals surface area (Å²) >= 11 is 0. The third-order valence-electron chi connectivity index (χ3n) is 4.87. The lowest BCUT2D eigenvalue weighted by Gasteiger charge is -2.12. The maximum absolute atomic E-state index is 5.46. The molecular formula is C22H34N4O3. The zero-order valence-electron chi connectivity index (χ0n) is 18.2. The van der Waals surface area contributed by atoms with Gasteiger partial charge in [0.1, 0.15) is 6.54 Å². The van der Waals surface area contributed by atoms with Crippen LogP contribution >= 0.6 is 0 Å². The Bertz CT molecular complexity index is 769. The number of hydrogen-bond acceptors (Lipinski definition) is 5. The molecule has 2 rings (SSSR count). The normalized spacial score (nSPS) is 11.6. The van der Waals surface area contributed by atoms with Crippen LogP contribution in [0.4, 0.5) is 0 Å². The fourth-order valence-electron chi connectivity index (χ4n) is 3.16. The molecule has 0 unspecified atom stereocenters. The third-order valence-corrected chi connectivity index (χ3v) is 4.87. The van der Waals surface area contributed by atoms with E-state index in [2.05, 4.69) is 34.6 Å². The second kappa shape index (κ2) is 12.0. The molecule has 0 bridgehead atoms. The topological polar surface area (TPSA) is 80.9 Å². The number of methoxy groups -OCH3 is 2. The molecule has 0 aliphatic heterocycles. The van der Waals surface area contributed by atoms with Crippen LogP contribution in [0.3, 0.4) is 0 Å². The van der Waals surface area contributed by atoms with Crippen molar-refractivity contribution in [3.8, 4) is 11.5 Å². The minimum atomic E-state index is 0.448. The summed E-state index contributed by atoms with van der Waals surface area (Å²) in [5, 5.41) is 10.8. The van der Waals surface area contributed by atoms with E-state index in [1.54, 1.807) is 14.2 Å². The van der Waals surface area contributed by atoms with Gasteiger partial charge in [-0.05, 0) is 43.9 Å². The van der Waals surface area contributed by atoms with Gasteiger partial charge in [0.15, 0.2) is 23.2 Å². The van der Waals surface area contributed by atoms with Gasteiger partial charge in [0.25, 0.3) is 0 Å². The molecule has 2 N–H and O–H groups in total. The number of guanidine groups is 1. The second-order valence-corrected chi connectivity index (χ2v) is 6.79. The number of ether oxygens (including phenoxy) is 2. The first-order valence-electron chi connectivity index (χ1n) is 10.3. The number of nitrogens with zero attached hydrogens (tertiary/aromatic N) is 2. The lowest BCUT2D eigenvalue weighted by molar-refractivity contribution is 0.354. The molecule has 1 aromatic heterocycles. The molecule has 0 atom stereocenters. The highest BCUT2D eigenvalue weighted by atomic mass is 16.5. The first-order chi connectivity index (χ1) is 14.1. The van der Waals surface area contributed by atoms with E-state index in [4.69, 9.17) is 14.0 Å². The lowest BCUT2D eigenvalue weighted by atomic mass is 9.99. The van der Waals surface area contributed by atoms with Crippen LogP contribution in [0.25, 0.3) is 0 Å². The predicted molar refractivity (Wildman–Crippen MR) is 116 cm³/mol. The minimum absolute atomic E-state index is 0.448. The van der Waals surface area contributed by atoms with Crippen LogP contribution in [0.1, 0.15) is 56.5 Å². The summed E-state index contributed by atoms with van der Waals surface area (Å²) in [5.41, 5.74) is 2.18. The molecule has 0 aliphatic carbocycles. The first kappa shape index (κ1) is 22.6. The van der Waals surface area contributed by atoms with Crippen molar-refractivity contribution in [3.05, 3.63) is 41.3 Å². The SMILES string of the molecule is CCNC(=NCc1cc(C(CC)CC)no1)NCCc1ccc(OC)c(OC)c1. The third kappa shape index (κ3) is 6.69. The van der Waals surface area contributed by atoms with Gasteiger partial charge >= 0.3 is 0 Å². The summed E-state index contributed by atoms with van der Waals surface area (Å²) in [6, 6.07) is 7.99. The van der Waals surface area contributed by atoms with Crippen LogP contribution in [0, 0.1) is 0 Å². The van der Waals surface area contributed by atoms with E-state index in [-0.39, 0.29) is 0 Å². The highest BCUT2D eigenvalue weighted by molar-refractivity contribution is 5.79. The Hall–Kier alpha value is -2.70. The van der Waals surface area contributed by atoms with E-state index in [1.165, 1.54) is 0 Å². The summed E-state index contributed by atoms with van der Waals surface area (Å²) in [6.07, 6.45) is 2.96. The second-order valence-electron chi connectivity index (χ2n) is 6.79. The van der Waals surface area contributed by atoms with Crippen molar-refractivity contribution < 1.29 is 14.0 Å². The molecule has 0 aliphatic rings. The standard InChI is InChI=1S/C22H34N4O3/c1-6-17(7-2)19-14-18(29-26-19)15-25-22(23-8-3)24-12-11-16-9-10-20(27-4)21(13-16)28-5/h9-10,13-14,17H,6-8,11-12,15H2,1-5H3,(H2,23,24,25). The molecule has 160 valence electrons. The first-order valence-corrected chi connectivity index (χ1v) is 10.3. The van der Waals surface area contributed by atoms with Gasteiger partial charge in [0, 0.05) is 25.1 Å². The Labute approximate surface area is 173 Å². The molecule has 29 heavy (non-hydrogen) atoms. The van der Waals surface area contributed by atoms with Crippen LogP contribution in [-0.4, -0.2) is 38.4 Å². The molecule has 1 aromatic carbocycles. The van der Waals surface area contributed by atoms with Crippen molar-refractivity contribution in [3.63, 3.8) is 0 Å². The largest absolute Gasteiger partial charge is 0.493 e. The van der Waals surface area contributed by atoms with Crippen LogP contribution in [0.5, 0.6) is 11.5 Å². The van der Waals surface area contributed by atoms with Gasteiger partial charge in [-0.1, -0.05) is 25.1 Å². The maximum Gasteiger partial charge on any atom is 0.191 e. The highest BCUT2D eigenvalue weighted by Crippen LogP contribution is 2.27. The van der Waals surface area contributed by atoms with Gasteiger partial charge in [-0.3, -0.25) is 0 Å². The van der Waals surface area contributed by atoms with Crippen LogP contribution < -0.4 is 20.1 Å². The maximum atomic E-state index is 5.46. The van der Waals surface area contributed by atoms with E-state index >= 15 is 0 Å². The van der Waals surface area contributed by atoms with Crippen LogP contribution in [0.15, 0.2) is 33.8 Å². The molecular weight excluding hydrogens is 368 g/mol. The van der Waals surface area contributed by atoms with Gasteiger partial charge in [-0.15, -0.1) is 0 Å². The predicted octanol–water partition coefficient (Wildman–Crippen LogP) is 3.89. The zero-order valence-corrected chi connectivity index (χ0v) is 18.2. The summed E-state index contributed by atoms with van der Waals surface area (Å²) in [5.74, 6) is 3.46. The van der Waals surface area contributed by atoms with Gasteiger partial charge < -0.3 is 24.6 Å². The molecule has 0 radical (unpaired) electrons. The highest BCUT2D eigenvalue weighted by Gasteiger charge is 2.13. The average molecular weight is 403 g/mol. The summed E-state index contributed by atoms with van der Waals surface area (Å²) in [7, 11) is 3.29. The van der Waals surface area contributed by atoms with E-state index in [9.17, 15) is 0 Å². The van der Waals surface area contributed by atoms with Crippen LogP contribution in [-0.2, 0) is 13.0 Å². The Balaban J connectivity index is 1.92. The summed E-state index contributed by atoms with van der Waals surface area (Å²) in [4.78, 5) is 4.62. The minimum Gasteiger partial charge on any atom is -0.493 e. The molecule has 1 heterocycles. The van der Waals surface area contributed by atoms with E-state index in [0.717, 1.165) is 66.8 Å². The van der Waals surface area contributed by atoms with E-state index in [0.29, 0.717) is 12.5 Å². The fourth-order valence-corrected chi connectivity index (χ4v) is 3.16. The molecule has 0 saturated heterocycles. The number of aliphatic imine (C=N–C) groups is 1. The smallest absolute Gasteiger partial charge is 0.191 e. The van der Waals surface area contributed by atoms with Crippen molar-refractivity contribution in [1.82, 2.24) is 15.8 Å². The molecule has 0 amide bonds. The molecule has 0 saturated carbocycles. The Morgan fingerprint density at radius 3 is 2.48 bits per heavy atom. The van der Waals surface area contributed by atoms with Crippen molar-refractivity contribution in [1.29, 1.82) is 0 Å². The summed E-state index contributed by atoms with van der Waals surface area (Å²) in [6.45, 7) is 8.39. The van der Waals surface area contributed by atoms with Crippen molar-refractivity contribution in [2.24, 2.45) is 4.99 Å². The average Bonchev–Trinajstić information content (AvgIpc) is 3.21. The molecule has 0 fully saturated rings. The number of rotatable bonds is 11. The number of aromatic nitrogens is 1. The van der Waals surface area contributed by atoms with E-state index in [1.807, 2.05) is 31.2 Å². The van der Waals surface area contributed by atoms with Crippen molar-refractivity contribution >= 4 is 5.96 Å². The van der Waals surface area contributed by atoms with Crippen molar-refractivity contribution in [2.75, 3.05) is 27.3 Å². The fraction of sp³-hybridized carbons (Fsp3) is 0.545. The van der Waals surface area contributed by atoms with Crippen LogP contribution in [0.2, 0.25) is 0 Å². The molecule has 0 spiro atoms. The Kier molecular flexibility index (Phi) is 9.34. The Morgan fingerprint density at radius 1 is 1.07 bits per heavy atom. The molecule has 2 aromatic rings. The number of nitrogens with one attached hydrogen (secondary N) is 2. The molecule has 7 heteroatoms. The number of benzene rings is 1. The van der Waals surface area contributed by atoms with Gasteiger partial charge in [0.2, 0.25) is 0 Å². The molecule has 7 nitrogen and oxygen atoms in total. The van der Waals surface area contributed by atoms with E-state index < -0.39 is 0 Å². The van der Waals surface area contributed by atoms with Gasteiger partial charge in [-0.2, -0.15) is 0 Å². The quantitative estimate of drug-likeness (QED) is 0.438. The Morgan fingerprint density at radius 2 is 1.83 bits per heavy atom.